The van der Waals surface area contributed by atoms with E-state index >= 15 is 0 Å². The van der Waals surface area contributed by atoms with Crippen molar-refractivity contribution in [1.29, 1.82) is 0 Å². The molecule has 1 aromatic rings. The highest BCUT2D eigenvalue weighted by atomic mass is 16.1. The first-order chi connectivity index (χ1) is 4.30. The van der Waals surface area contributed by atoms with Crippen molar-refractivity contribution in [2.24, 2.45) is 5.73 Å². The summed E-state index contributed by atoms with van der Waals surface area (Å²) >= 11 is 0. The third-order valence-corrected chi connectivity index (χ3v) is 0.784. The minimum atomic E-state index is -0.573. The molecule has 0 aliphatic carbocycles. The average Bonchev–Trinajstić information content (AvgIpc) is 1.90. The lowest BCUT2D eigenvalue weighted by atomic mass is 10.4. The summed E-state index contributed by atoms with van der Waals surface area (Å²) < 4.78 is 0. The van der Waals surface area contributed by atoms with E-state index in [-0.39, 0.29) is 5.69 Å². The van der Waals surface area contributed by atoms with E-state index in [1.807, 2.05) is 0 Å². The monoisotopic (exact) mass is 122 g/mol. The van der Waals surface area contributed by atoms with Crippen LogP contribution in [-0.2, 0) is 0 Å². The minimum Gasteiger partial charge on any atom is -0.364 e. The van der Waals surface area contributed by atoms with Crippen LogP contribution in [0.2, 0.25) is 0 Å². The predicted octanol–water partition coefficient (Wildman–Crippen LogP) is -0.624. The van der Waals surface area contributed by atoms with Gasteiger partial charge in [0.1, 0.15) is 6.20 Å². The van der Waals surface area contributed by atoms with Crippen LogP contribution in [0, 0.1) is 6.20 Å². The summed E-state index contributed by atoms with van der Waals surface area (Å²) in [5, 5.41) is 6.73. The van der Waals surface area contributed by atoms with Crippen LogP contribution in [0.4, 0.5) is 0 Å². The highest BCUT2D eigenvalue weighted by molar-refractivity contribution is 5.90. The molecule has 1 rings (SSSR count). The fraction of sp³-hybridized carbons (Fsp3) is 0. The summed E-state index contributed by atoms with van der Waals surface area (Å²) in [6.45, 7) is 0. The molecule has 0 atom stereocenters. The van der Waals surface area contributed by atoms with E-state index in [1.54, 1.807) is 0 Å². The van der Waals surface area contributed by atoms with Gasteiger partial charge in [-0.15, -0.1) is 10.2 Å². The van der Waals surface area contributed by atoms with E-state index in [9.17, 15) is 4.79 Å². The number of aromatic nitrogens is 2. The summed E-state index contributed by atoms with van der Waals surface area (Å²) in [5.74, 6) is -0.573. The molecule has 0 aromatic carbocycles. The fourth-order valence-corrected chi connectivity index (χ4v) is 0.397. The number of carbonyl (C=O) groups is 1. The van der Waals surface area contributed by atoms with Gasteiger partial charge in [-0.25, -0.2) is 0 Å². The van der Waals surface area contributed by atoms with E-state index in [0.29, 0.717) is 0 Å². The largest absolute Gasteiger partial charge is 0.364 e. The van der Waals surface area contributed by atoms with Crippen LogP contribution >= 0.6 is 0 Å². The number of carbonyl (C=O) groups excluding carboxylic acids is 1. The number of amides is 1. The second-order valence-corrected chi connectivity index (χ2v) is 1.41. The second-order valence-electron chi connectivity index (χ2n) is 1.41. The van der Waals surface area contributed by atoms with E-state index in [1.165, 1.54) is 12.1 Å². The number of primary amides is 1. The smallest absolute Gasteiger partial charge is 0.269 e. The normalized spacial score (nSPS) is 8.89. The number of hydrogen-bond acceptors (Lipinski definition) is 3. The Morgan fingerprint density at radius 3 is 2.89 bits per heavy atom. The third-order valence-electron chi connectivity index (χ3n) is 0.784. The standard InChI is InChI=1S/C5H4N3O/c6-5(9)4-2-1-3-7-8-4/h1-2H,(H2,6,9). The van der Waals surface area contributed by atoms with Crippen molar-refractivity contribution in [3.8, 4) is 0 Å². The summed E-state index contributed by atoms with van der Waals surface area (Å²) in [6.07, 6.45) is 2.42. The van der Waals surface area contributed by atoms with Crippen LogP contribution in [-0.4, -0.2) is 16.1 Å². The molecule has 1 heterocycles. The summed E-state index contributed by atoms with van der Waals surface area (Å²) in [7, 11) is 0. The van der Waals surface area contributed by atoms with Crippen molar-refractivity contribution < 1.29 is 4.79 Å². The first-order valence-electron chi connectivity index (χ1n) is 2.30. The minimum absolute atomic E-state index is 0.161. The molecule has 0 fully saturated rings. The highest BCUT2D eigenvalue weighted by Crippen LogP contribution is 1.85. The fourth-order valence-electron chi connectivity index (χ4n) is 0.397. The number of hydrogen-bond donors (Lipinski definition) is 1. The van der Waals surface area contributed by atoms with Crippen molar-refractivity contribution in [3.05, 3.63) is 24.0 Å². The molecule has 0 spiro atoms. The van der Waals surface area contributed by atoms with Crippen molar-refractivity contribution >= 4 is 5.91 Å². The molecule has 0 unspecified atom stereocenters. The lowest BCUT2D eigenvalue weighted by molar-refractivity contribution is 0.0994. The lowest BCUT2D eigenvalue weighted by Crippen LogP contribution is -2.13. The molecule has 0 aliphatic heterocycles. The average molecular weight is 122 g/mol. The van der Waals surface area contributed by atoms with Gasteiger partial charge in [0.05, 0.1) is 0 Å². The van der Waals surface area contributed by atoms with Crippen molar-refractivity contribution in [2.45, 2.75) is 0 Å². The van der Waals surface area contributed by atoms with Gasteiger partial charge in [0, 0.05) is 0 Å². The van der Waals surface area contributed by atoms with Crippen LogP contribution in [0.3, 0.4) is 0 Å². The van der Waals surface area contributed by atoms with Gasteiger partial charge in [0.2, 0.25) is 0 Å². The maximum atomic E-state index is 10.3. The van der Waals surface area contributed by atoms with Crippen LogP contribution in [0.25, 0.3) is 0 Å². The number of nitrogens with two attached hydrogens (primary N) is 1. The Kier molecular flexibility index (Phi) is 1.40. The molecule has 0 aliphatic rings. The van der Waals surface area contributed by atoms with E-state index in [4.69, 9.17) is 5.73 Å². The summed E-state index contributed by atoms with van der Waals surface area (Å²) in [5.41, 5.74) is 5.02. The Morgan fingerprint density at radius 2 is 2.56 bits per heavy atom. The number of rotatable bonds is 1. The molecule has 4 heteroatoms. The van der Waals surface area contributed by atoms with E-state index < -0.39 is 5.91 Å². The molecule has 1 amide bonds. The summed E-state index contributed by atoms with van der Waals surface area (Å²) in [4.78, 5) is 10.3. The molecule has 4 nitrogen and oxygen atoms in total. The molecular weight excluding hydrogens is 118 g/mol. The molecule has 45 valence electrons. The van der Waals surface area contributed by atoms with Gasteiger partial charge >= 0.3 is 0 Å². The Morgan fingerprint density at radius 1 is 1.78 bits per heavy atom. The van der Waals surface area contributed by atoms with Gasteiger partial charge in [-0.1, -0.05) is 0 Å². The lowest BCUT2D eigenvalue weighted by Gasteiger charge is -1.86. The van der Waals surface area contributed by atoms with Gasteiger partial charge in [-0.05, 0) is 12.1 Å². The maximum Gasteiger partial charge on any atom is 0.269 e. The molecule has 1 radical (unpaired) electrons. The van der Waals surface area contributed by atoms with Gasteiger partial charge in [-0.2, -0.15) is 0 Å². The zero-order chi connectivity index (χ0) is 6.69. The maximum absolute atomic E-state index is 10.3. The second kappa shape index (κ2) is 2.21. The first kappa shape index (κ1) is 5.68. The Balaban J connectivity index is 2.98. The van der Waals surface area contributed by atoms with Gasteiger partial charge in [0.15, 0.2) is 5.69 Å². The van der Waals surface area contributed by atoms with Crippen molar-refractivity contribution in [2.75, 3.05) is 0 Å². The number of nitrogens with zero attached hydrogens (tertiary/aromatic N) is 2. The van der Waals surface area contributed by atoms with Crippen molar-refractivity contribution in [3.63, 3.8) is 0 Å². The Labute approximate surface area is 51.7 Å². The van der Waals surface area contributed by atoms with Crippen LogP contribution in [0.15, 0.2) is 12.1 Å². The third kappa shape index (κ3) is 1.22. The van der Waals surface area contributed by atoms with Gasteiger partial charge in [-0.3, -0.25) is 4.79 Å². The molecule has 0 saturated heterocycles. The predicted molar refractivity (Wildman–Crippen MR) is 29.4 cm³/mol. The Hall–Kier alpha value is -1.45. The van der Waals surface area contributed by atoms with Gasteiger partial charge < -0.3 is 5.73 Å². The molecule has 1 aromatic heterocycles. The van der Waals surface area contributed by atoms with E-state index in [2.05, 4.69) is 16.4 Å². The van der Waals surface area contributed by atoms with Crippen molar-refractivity contribution in [1.82, 2.24) is 10.2 Å². The quantitative estimate of drug-likeness (QED) is 0.539. The molecular formula is C5H4N3O. The molecule has 0 bridgehead atoms. The van der Waals surface area contributed by atoms with Crippen LogP contribution in [0.5, 0.6) is 0 Å². The van der Waals surface area contributed by atoms with E-state index in [0.717, 1.165) is 0 Å². The van der Waals surface area contributed by atoms with Crippen LogP contribution in [0.1, 0.15) is 10.5 Å². The molecule has 0 saturated carbocycles. The highest BCUT2D eigenvalue weighted by Gasteiger charge is 1.97. The Bertz CT molecular complexity index is 209. The molecule has 2 N–H and O–H groups in total. The summed E-state index contributed by atoms with van der Waals surface area (Å²) in [6, 6.07) is 2.93. The SMILES string of the molecule is NC(=O)c1cc[c]nn1. The first-order valence-corrected chi connectivity index (χ1v) is 2.30. The van der Waals surface area contributed by atoms with Crippen LogP contribution < -0.4 is 5.73 Å². The zero-order valence-electron chi connectivity index (χ0n) is 4.53. The zero-order valence-corrected chi connectivity index (χ0v) is 4.53. The molecule has 9 heavy (non-hydrogen) atoms. The topological polar surface area (TPSA) is 68.9 Å². The van der Waals surface area contributed by atoms with Gasteiger partial charge in [0.25, 0.3) is 5.91 Å².